The third-order valence-electron chi connectivity index (χ3n) is 3.61. The van der Waals surface area contributed by atoms with Gasteiger partial charge in [-0.25, -0.2) is 12.8 Å². The molecule has 4 N–H and O–H groups in total. The number of anilines is 2. The first-order valence-electron chi connectivity index (χ1n) is 7.46. The zero-order valence-corrected chi connectivity index (χ0v) is 14.9. The van der Waals surface area contributed by atoms with Gasteiger partial charge in [-0.2, -0.15) is 13.2 Å². The topological polar surface area (TPSA) is 116 Å². The van der Waals surface area contributed by atoms with Gasteiger partial charge in [-0.15, -0.1) is 0 Å². The highest BCUT2D eigenvalue weighted by molar-refractivity contribution is 7.92. The van der Waals surface area contributed by atoms with Gasteiger partial charge in [0.15, 0.2) is 0 Å². The van der Waals surface area contributed by atoms with Crippen molar-refractivity contribution < 1.29 is 41.0 Å². The number of alkyl halides is 3. The van der Waals surface area contributed by atoms with Crippen LogP contribution < -0.4 is 10.0 Å². The normalized spacial score (nSPS) is 14.2. The first-order valence-corrected chi connectivity index (χ1v) is 8.94. The van der Waals surface area contributed by atoms with E-state index in [1.165, 1.54) is 24.3 Å². The van der Waals surface area contributed by atoms with Crippen LogP contribution >= 0.6 is 0 Å². The number of amides is 1. The lowest BCUT2D eigenvalue weighted by atomic mass is 10.1. The Morgan fingerprint density at radius 1 is 1.07 bits per heavy atom. The Balaban J connectivity index is 2.24. The van der Waals surface area contributed by atoms with Gasteiger partial charge in [0.25, 0.3) is 15.9 Å². The minimum Gasteiger partial charge on any atom is -0.508 e. The summed E-state index contributed by atoms with van der Waals surface area (Å²) < 4.78 is 78.6. The molecule has 0 saturated heterocycles. The number of aliphatic hydroxyl groups is 1. The number of rotatable bonds is 5. The van der Waals surface area contributed by atoms with Gasteiger partial charge in [-0.1, -0.05) is 0 Å². The van der Waals surface area contributed by atoms with Crippen LogP contribution in [-0.4, -0.2) is 36.3 Å². The van der Waals surface area contributed by atoms with Gasteiger partial charge in [0.05, 0.1) is 10.6 Å². The molecule has 0 spiro atoms. The van der Waals surface area contributed by atoms with Crippen LogP contribution in [0.2, 0.25) is 0 Å². The lowest BCUT2D eigenvalue weighted by molar-refractivity contribution is -0.242. The molecule has 12 heteroatoms. The Labute approximate surface area is 156 Å². The largest absolute Gasteiger partial charge is 0.508 e. The van der Waals surface area contributed by atoms with E-state index in [9.17, 15) is 35.9 Å². The molecule has 1 atom stereocenters. The molecule has 0 aliphatic heterocycles. The minimum absolute atomic E-state index is 0.0665. The number of phenols is 1. The Morgan fingerprint density at radius 3 is 2.14 bits per heavy atom. The first kappa shape index (κ1) is 21.4. The van der Waals surface area contributed by atoms with Crippen molar-refractivity contribution in [3.8, 4) is 5.75 Å². The molecule has 0 aliphatic rings. The van der Waals surface area contributed by atoms with Gasteiger partial charge in [0.2, 0.25) is 5.60 Å². The van der Waals surface area contributed by atoms with E-state index in [1.807, 2.05) is 0 Å². The summed E-state index contributed by atoms with van der Waals surface area (Å²) in [5.41, 5.74) is -4.46. The van der Waals surface area contributed by atoms with Crippen LogP contribution in [-0.2, 0) is 14.8 Å². The van der Waals surface area contributed by atoms with E-state index in [1.54, 1.807) is 5.32 Å². The van der Waals surface area contributed by atoms with Crippen LogP contribution in [0.5, 0.6) is 5.75 Å². The molecule has 2 rings (SSSR count). The lowest BCUT2D eigenvalue weighted by Gasteiger charge is -2.25. The number of sulfonamides is 1. The van der Waals surface area contributed by atoms with E-state index >= 15 is 0 Å². The molecular formula is C16H14F4N2O5S. The summed E-state index contributed by atoms with van der Waals surface area (Å²) in [5.74, 6) is -3.37. The van der Waals surface area contributed by atoms with Crippen molar-refractivity contribution in [3.05, 3.63) is 48.3 Å². The van der Waals surface area contributed by atoms with Crippen molar-refractivity contribution >= 4 is 27.3 Å². The van der Waals surface area contributed by atoms with Crippen LogP contribution in [0.3, 0.4) is 0 Å². The maximum absolute atomic E-state index is 14.1. The maximum Gasteiger partial charge on any atom is 0.426 e. The van der Waals surface area contributed by atoms with Crippen LogP contribution in [0.1, 0.15) is 6.92 Å². The van der Waals surface area contributed by atoms with Gasteiger partial charge in [-0.05, 0) is 49.4 Å². The van der Waals surface area contributed by atoms with E-state index in [0.29, 0.717) is 6.07 Å². The molecule has 0 aromatic heterocycles. The third-order valence-corrected chi connectivity index (χ3v) is 4.99. The number of benzene rings is 2. The summed E-state index contributed by atoms with van der Waals surface area (Å²) in [6.45, 7) is 0.195. The molecule has 0 bridgehead atoms. The van der Waals surface area contributed by atoms with Gasteiger partial charge in [0.1, 0.15) is 11.6 Å². The van der Waals surface area contributed by atoms with Gasteiger partial charge < -0.3 is 15.5 Å². The number of hydrogen-bond acceptors (Lipinski definition) is 5. The molecule has 1 unspecified atom stereocenters. The molecule has 2 aromatic carbocycles. The number of nitrogens with one attached hydrogen (secondary N) is 2. The molecule has 152 valence electrons. The van der Waals surface area contributed by atoms with Crippen molar-refractivity contribution in [2.45, 2.75) is 23.6 Å². The van der Waals surface area contributed by atoms with Crippen molar-refractivity contribution in [2.75, 3.05) is 10.0 Å². The van der Waals surface area contributed by atoms with Crippen LogP contribution in [0.15, 0.2) is 47.4 Å². The molecule has 0 saturated carbocycles. The Bertz CT molecular complexity index is 989. The van der Waals surface area contributed by atoms with E-state index < -0.39 is 44.1 Å². The summed E-state index contributed by atoms with van der Waals surface area (Å²) >= 11 is 0. The number of halogens is 4. The Morgan fingerprint density at radius 2 is 1.64 bits per heavy atom. The Kier molecular flexibility index (Phi) is 5.57. The quantitative estimate of drug-likeness (QED) is 0.437. The third kappa shape index (κ3) is 4.51. The number of aromatic hydroxyl groups is 1. The van der Waals surface area contributed by atoms with Crippen LogP contribution in [0, 0.1) is 5.82 Å². The smallest absolute Gasteiger partial charge is 0.426 e. The second kappa shape index (κ2) is 7.28. The lowest BCUT2D eigenvalue weighted by Crippen LogP contribution is -2.52. The fourth-order valence-electron chi connectivity index (χ4n) is 1.88. The predicted molar refractivity (Wildman–Crippen MR) is 90.6 cm³/mol. The molecule has 0 heterocycles. The van der Waals surface area contributed by atoms with Gasteiger partial charge in [0, 0.05) is 5.69 Å². The maximum atomic E-state index is 14.1. The summed E-state index contributed by atoms with van der Waals surface area (Å²) in [4.78, 5) is 11.0. The highest BCUT2D eigenvalue weighted by Gasteiger charge is 2.55. The molecule has 2 aromatic rings. The summed E-state index contributed by atoms with van der Waals surface area (Å²) in [6.07, 6.45) is -5.30. The molecule has 0 radical (unpaired) electrons. The minimum atomic E-state index is -5.30. The van der Waals surface area contributed by atoms with Crippen molar-refractivity contribution in [1.29, 1.82) is 0 Å². The van der Waals surface area contributed by atoms with Crippen LogP contribution in [0.4, 0.5) is 28.9 Å². The molecule has 0 fully saturated rings. The number of carbonyl (C=O) groups excluding carboxylic acids is 1. The van der Waals surface area contributed by atoms with Crippen molar-refractivity contribution in [3.63, 3.8) is 0 Å². The van der Waals surface area contributed by atoms with Crippen LogP contribution in [0.25, 0.3) is 0 Å². The van der Waals surface area contributed by atoms with Crippen molar-refractivity contribution in [2.24, 2.45) is 0 Å². The van der Waals surface area contributed by atoms with E-state index in [2.05, 4.69) is 4.72 Å². The highest BCUT2D eigenvalue weighted by atomic mass is 32.2. The average molecular weight is 422 g/mol. The van der Waals surface area contributed by atoms with E-state index in [0.717, 1.165) is 12.1 Å². The predicted octanol–water partition coefficient (Wildman–Crippen LogP) is 2.58. The number of phenolic OH excluding ortho intramolecular Hbond substituents is 1. The number of hydrogen-bond donors (Lipinski definition) is 4. The molecule has 28 heavy (non-hydrogen) atoms. The Hall–Kier alpha value is -2.86. The molecule has 1 amide bonds. The second-order valence-electron chi connectivity index (χ2n) is 5.82. The zero-order valence-electron chi connectivity index (χ0n) is 14.1. The summed E-state index contributed by atoms with van der Waals surface area (Å²) in [5, 5.41) is 20.0. The molecule has 0 aliphatic carbocycles. The van der Waals surface area contributed by atoms with E-state index in [4.69, 9.17) is 5.11 Å². The number of carbonyl (C=O) groups is 1. The van der Waals surface area contributed by atoms with E-state index in [-0.39, 0.29) is 18.4 Å². The first-order chi connectivity index (χ1) is 12.7. The van der Waals surface area contributed by atoms with Gasteiger partial charge >= 0.3 is 6.18 Å². The SMILES string of the molecule is CC(O)(C(=O)Nc1ccc(S(=O)(=O)Nc2ccc(O)cc2)cc1F)C(F)(F)F. The zero-order chi connectivity index (χ0) is 21.3. The summed E-state index contributed by atoms with van der Waals surface area (Å²) in [6, 6.07) is 7.00. The average Bonchev–Trinajstić information content (AvgIpc) is 2.57. The fraction of sp³-hybridized carbons (Fsp3) is 0.188. The second-order valence-corrected chi connectivity index (χ2v) is 7.50. The molecular weight excluding hydrogens is 408 g/mol. The monoisotopic (exact) mass is 422 g/mol. The standard InChI is InChI=1S/C16H14F4N2O5S/c1-15(25,16(18,19)20)14(24)21-13-7-6-11(8-12(13)17)28(26,27)22-9-2-4-10(23)5-3-9/h2-8,22-23,25H,1H3,(H,21,24). The van der Waals surface area contributed by atoms with Gasteiger partial charge in [-0.3, -0.25) is 9.52 Å². The highest BCUT2D eigenvalue weighted by Crippen LogP contribution is 2.31. The fourth-order valence-corrected chi connectivity index (χ4v) is 2.95. The summed E-state index contributed by atoms with van der Waals surface area (Å²) in [7, 11) is -4.26. The molecule has 7 nitrogen and oxygen atoms in total. The van der Waals surface area contributed by atoms with Crippen molar-refractivity contribution in [1.82, 2.24) is 0 Å².